The molecule has 0 fully saturated rings. The summed E-state index contributed by atoms with van der Waals surface area (Å²) in [5, 5.41) is 6.87. The van der Waals surface area contributed by atoms with Crippen LogP contribution in [0.25, 0.3) is 0 Å². The molecule has 2 aromatic rings. The van der Waals surface area contributed by atoms with Crippen molar-refractivity contribution in [2.24, 2.45) is 0 Å². The van der Waals surface area contributed by atoms with Gasteiger partial charge in [-0.15, -0.1) is 0 Å². The van der Waals surface area contributed by atoms with Crippen molar-refractivity contribution in [3.63, 3.8) is 0 Å². The molecule has 0 spiro atoms. The average molecular weight is 368 g/mol. The lowest BCUT2D eigenvalue weighted by Crippen LogP contribution is -2.07. The molecule has 0 unspecified atom stereocenters. The van der Waals surface area contributed by atoms with Crippen LogP contribution in [0, 0.1) is 6.92 Å². The second kappa shape index (κ2) is 6.96. The Morgan fingerprint density at radius 1 is 1.24 bits per heavy atom. The molecule has 1 amide bonds. The van der Waals surface area contributed by atoms with E-state index in [0.29, 0.717) is 11.6 Å². The first-order valence-corrected chi connectivity index (χ1v) is 7.69. The smallest absolute Gasteiger partial charge is 0.221 e. The molecule has 110 valence electrons. The van der Waals surface area contributed by atoms with Gasteiger partial charge in [0.1, 0.15) is 0 Å². The van der Waals surface area contributed by atoms with E-state index in [1.807, 2.05) is 43.3 Å². The van der Waals surface area contributed by atoms with E-state index in [1.165, 1.54) is 6.92 Å². The maximum Gasteiger partial charge on any atom is 0.221 e. The molecule has 2 N–H and O–H groups in total. The van der Waals surface area contributed by atoms with E-state index in [0.717, 1.165) is 27.0 Å². The zero-order chi connectivity index (χ0) is 15.4. The summed E-state index contributed by atoms with van der Waals surface area (Å²) in [6.07, 6.45) is 0. The summed E-state index contributed by atoms with van der Waals surface area (Å²) in [4.78, 5) is 11.1. The highest BCUT2D eigenvalue weighted by molar-refractivity contribution is 9.10. The predicted molar refractivity (Wildman–Crippen MR) is 92.0 cm³/mol. The number of benzene rings is 2. The molecule has 21 heavy (non-hydrogen) atoms. The van der Waals surface area contributed by atoms with Crippen LogP contribution in [0.15, 0.2) is 40.9 Å². The monoisotopic (exact) mass is 366 g/mol. The zero-order valence-electron chi connectivity index (χ0n) is 11.8. The van der Waals surface area contributed by atoms with Crippen molar-refractivity contribution in [1.29, 1.82) is 0 Å². The fourth-order valence-corrected chi connectivity index (χ4v) is 2.77. The fourth-order valence-electron chi connectivity index (χ4n) is 1.95. The Morgan fingerprint density at radius 2 is 2.00 bits per heavy atom. The van der Waals surface area contributed by atoms with E-state index in [1.54, 1.807) is 0 Å². The van der Waals surface area contributed by atoms with Gasteiger partial charge in [-0.05, 0) is 42.3 Å². The van der Waals surface area contributed by atoms with Crippen molar-refractivity contribution in [3.8, 4) is 0 Å². The highest BCUT2D eigenvalue weighted by Crippen LogP contribution is 2.25. The van der Waals surface area contributed by atoms with Crippen LogP contribution in [0.2, 0.25) is 5.02 Å². The van der Waals surface area contributed by atoms with Crippen LogP contribution < -0.4 is 10.6 Å². The van der Waals surface area contributed by atoms with E-state index in [2.05, 4.69) is 26.6 Å². The zero-order valence-corrected chi connectivity index (χ0v) is 14.2. The van der Waals surface area contributed by atoms with Crippen LogP contribution in [-0.2, 0) is 11.3 Å². The summed E-state index contributed by atoms with van der Waals surface area (Å²) in [5.74, 6) is -0.0785. The van der Waals surface area contributed by atoms with Crippen LogP contribution in [-0.4, -0.2) is 5.91 Å². The number of rotatable bonds is 4. The quantitative estimate of drug-likeness (QED) is 0.800. The van der Waals surface area contributed by atoms with Gasteiger partial charge in [0.25, 0.3) is 0 Å². The lowest BCUT2D eigenvalue weighted by molar-refractivity contribution is -0.114. The van der Waals surface area contributed by atoms with Gasteiger partial charge in [-0.2, -0.15) is 0 Å². The first kappa shape index (κ1) is 15.9. The lowest BCUT2D eigenvalue weighted by atomic mass is 10.1. The topological polar surface area (TPSA) is 41.1 Å². The van der Waals surface area contributed by atoms with Crippen molar-refractivity contribution >= 4 is 44.8 Å². The lowest BCUT2D eigenvalue weighted by Gasteiger charge is -2.13. The Balaban J connectivity index is 2.13. The number of carbonyl (C=O) groups excluding carboxylic acids is 1. The third-order valence-electron chi connectivity index (χ3n) is 3.04. The molecule has 0 atom stereocenters. The number of halogens is 2. The maximum atomic E-state index is 11.1. The Bertz CT molecular complexity index is 673. The molecular weight excluding hydrogens is 352 g/mol. The van der Waals surface area contributed by atoms with Crippen molar-refractivity contribution in [2.75, 3.05) is 10.6 Å². The highest BCUT2D eigenvalue weighted by Gasteiger charge is 2.04. The van der Waals surface area contributed by atoms with Crippen LogP contribution in [0.5, 0.6) is 0 Å². The second-order valence-corrected chi connectivity index (χ2v) is 6.09. The summed E-state index contributed by atoms with van der Waals surface area (Å²) in [6.45, 7) is 4.19. The van der Waals surface area contributed by atoms with Gasteiger partial charge in [0.2, 0.25) is 5.91 Å². The summed E-state index contributed by atoms with van der Waals surface area (Å²) >= 11 is 9.44. The molecule has 0 aliphatic heterocycles. The SMILES string of the molecule is CC(=O)Nc1ccc(C)c(NCc2ccc(Cl)cc2Br)c1. The van der Waals surface area contributed by atoms with Gasteiger partial charge < -0.3 is 10.6 Å². The second-order valence-electron chi connectivity index (χ2n) is 4.80. The third-order valence-corrected chi connectivity index (χ3v) is 4.02. The van der Waals surface area contributed by atoms with E-state index < -0.39 is 0 Å². The van der Waals surface area contributed by atoms with Gasteiger partial charge in [-0.1, -0.05) is 39.7 Å². The minimum absolute atomic E-state index is 0.0785. The number of hydrogen-bond acceptors (Lipinski definition) is 2. The number of aryl methyl sites for hydroxylation is 1. The van der Waals surface area contributed by atoms with E-state index in [-0.39, 0.29) is 5.91 Å². The van der Waals surface area contributed by atoms with Gasteiger partial charge in [-0.25, -0.2) is 0 Å². The number of carbonyl (C=O) groups is 1. The molecule has 0 aliphatic rings. The normalized spacial score (nSPS) is 10.3. The molecule has 0 aliphatic carbocycles. The molecule has 0 saturated heterocycles. The van der Waals surface area contributed by atoms with E-state index in [9.17, 15) is 4.79 Å². The largest absolute Gasteiger partial charge is 0.381 e. The van der Waals surface area contributed by atoms with E-state index in [4.69, 9.17) is 11.6 Å². The van der Waals surface area contributed by atoms with Crippen molar-refractivity contribution < 1.29 is 4.79 Å². The third kappa shape index (κ3) is 4.48. The van der Waals surface area contributed by atoms with Crippen LogP contribution in [0.3, 0.4) is 0 Å². The average Bonchev–Trinajstić information content (AvgIpc) is 2.40. The molecule has 0 bridgehead atoms. The van der Waals surface area contributed by atoms with Crippen molar-refractivity contribution in [3.05, 3.63) is 57.0 Å². The van der Waals surface area contributed by atoms with Crippen LogP contribution in [0.1, 0.15) is 18.1 Å². The molecule has 2 rings (SSSR count). The summed E-state index contributed by atoms with van der Waals surface area (Å²) in [7, 11) is 0. The number of anilines is 2. The number of hydrogen-bond donors (Lipinski definition) is 2. The van der Waals surface area contributed by atoms with Gasteiger partial charge in [-0.3, -0.25) is 4.79 Å². The molecule has 5 heteroatoms. The predicted octanol–water partition coefficient (Wildman–Crippen LogP) is 4.98. The van der Waals surface area contributed by atoms with Gasteiger partial charge >= 0.3 is 0 Å². The minimum Gasteiger partial charge on any atom is -0.381 e. The van der Waals surface area contributed by atoms with Gasteiger partial charge in [0.05, 0.1) is 0 Å². The Hall–Kier alpha value is -1.52. The Morgan fingerprint density at radius 3 is 2.67 bits per heavy atom. The Labute approximate surface area is 137 Å². The molecule has 3 nitrogen and oxygen atoms in total. The minimum atomic E-state index is -0.0785. The summed E-state index contributed by atoms with van der Waals surface area (Å²) in [5.41, 5.74) is 4.01. The van der Waals surface area contributed by atoms with Gasteiger partial charge in [0.15, 0.2) is 0 Å². The molecule has 2 aromatic carbocycles. The van der Waals surface area contributed by atoms with Crippen molar-refractivity contribution in [2.45, 2.75) is 20.4 Å². The molecular formula is C16H16BrClN2O. The maximum absolute atomic E-state index is 11.1. The Kier molecular flexibility index (Phi) is 5.26. The van der Waals surface area contributed by atoms with E-state index >= 15 is 0 Å². The first-order chi connectivity index (χ1) is 9.95. The number of amides is 1. The summed E-state index contributed by atoms with van der Waals surface area (Å²) < 4.78 is 0.971. The van der Waals surface area contributed by atoms with Crippen LogP contribution in [0.4, 0.5) is 11.4 Å². The number of nitrogens with one attached hydrogen (secondary N) is 2. The van der Waals surface area contributed by atoms with Crippen molar-refractivity contribution in [1.82, 2.24) is 0 Å². The molecule has 0 radical (unpaired) electrons. The first-order valence-electron chi connectivity index (χ1n) is 6.52. The standard InChI is InChI=1S/C16H16BrClN2O/c1-10-3-6-14(20-11(2)21)8-16(10)19-9-12-4-5-13(18)7-15(12)17/h3-8,19H,9H2,1-2H3,(H,20,21). The molecule has 0 saturated carbocycles. The molecule has 0 aromatic heterocycles. The highest BCUT2D eigenvalue weighted by atomic mass is 79.9. The summed E-state index contributed by atoms with van der Waals surface area (Å²) in [6, 6.07) is 11.5. The van der Waals surface area contributed by atoms with Crippen LogP contribution >= 0.6 is 27.5 Å². The molecule has 0 heterocycles. The van der Waals surface area contributed by atoms with Gasteiger partial charge in [0, 0.05) is 34.3 Å². The fraction of sp³-hybridized carbons (Fsp3) is 0.188.